The Labute approximate surface area is 75.5 Å². The fraction of sp³-hybridized carbons (Fsp3) is 1.00. The van der Waals surface area contributed by atoms with Crippen LogP contribution in [0.3, 0.4) is 0 Å². The van der Waals surface area contributed by atoms with Gasteiger partial charge >= 0.3 is 0 Å². The minimum Gasteiger partial charge on any atom is -0.314 e. The molecule has 0 aromatic rings. The van der Waals surface area contributed by atoms with Crippen LogP contribution < -0.4 is 10.7 Å². The van der Waals surface area contributed by atoms with Crippen molar-refractivity contribution in [1.29, 1.82) is 0 Å². The van der Waals surface area contributed by atoms with E-state index in [4.69, 9.17) is 0 Å². The first-order chi connectivity index (χ1) is 5.93. The lowest BCUT2D eigenvalue weighted by Crippen LogP contribution is -2.47. The molecule has 71 valence electrons. The van der Waals surface area contributed by atoms with Crippen LogP contribution in [0.4, 0.5) is 0 Å². The summed E-state index contributed by atoms with van der Waals surface area (Å²) >= 11 is 0. The Morgan fingerprint density at radius 3 is 2.67 bits per heavy atom. The van der Waals surface area contributed by atoms with Gasteiger partial charge in [-0.3, -0.25) is 0 Å². The highest BCUT2D eigenvalue weighted by molar-refractivity contribution is 4.63. The molecule has 1 aliphatic heterocycles. The highest BCUT2D eigenvalue weighted by Crippen LogP contribution is 1.94. The van der Waals surface area contributed by atoms with Crippen LogP contribution >= 0.6 is 0 Å². The molecule has 0 bridgehead atoms. The van der Waals surface area contributed by atoms with Gasteiger partial charge in [-0.1, -0.05) is 19.8 Å². The predicted octanol–water partition coefficient (Wildman–Crippen LogP) is 0.601. The molecule has 3 nitrogen and oxygen atoms in total. The SMILES string of the molecule is CCCCC[N]N1CCNCC1. The first-order valence-electron chi connectivity index (χ1n) is 5.06. The zero-order valence-electron chi connectivity index (χ0n) is 8.05. The largest absolute Gasteiger partial charge is 0.314 e. The van der Waals surface area contributed by atoms with Crippen molar-refractivity contribution in [2.24, 2.45) is 0 Å². The zero-order chi connectivity index (χ0) is 8.65. The fourth-order valence-corrected chi connectivity index (χ4v) is 1.37. The average molecular weight is 170 g/mol. The van der Waals surface area contributed by atoms with Gasteiger partial charge < -0.3 is 5.32 Å². The highest BCUT2D eigenvalue weighted by atomic mass is 15.5. The first-order valence-corrected chi connectivity index (χ1v) is 5.06. The molecule has 0 aromatic heterocycles. The second-order valence-corrected chi connectivity index (χ2v) is 3.28. The van der Waals surface area contributed by atoms with Crippen molar-refractivity contribution >= 4 is 0 Å². The molecular formula is C9H20N3. The molecule has 0 aromatic carbocycles. The van der Waals surface area contributed by atoms with E-state index in [2.05, 4.69) is 22.7 Å². The topological polar surface area (TPSA) is 29.4 Å². The van der Waals surface area contributed by atoms with Gasteiger partial charge in [0.1, 0.15) is 0 Å². The van der Waals surface area contributed by atoms with Crippen molar-refractivity contribution in [3.05, 3.63) is 0 Å². The van der Waals surface area contributed by atoms with Crippen molar-refractivity contribution in [2.75, 3.05) is 32.7 Å². The predicted molar refractivity (Wildman–Crippen MR) is 51.0 cm³/mol. The summed E-state index contributed by atoms with van der Waals surface area (Å²) in [4.78, 5) is 0. The molecule has 0 aliphatic carbocycles. The minimum atomic E-state index is 1.02. The van der Waals surface area contributed by atoms with Crippen molar-refractivity contribution in [3.63, 3.8) is 0 Å². The summed E-state index contributed by atoms with van der Waals surface area (Å²) < 4.78 is 0. The zero-order valence-corrected chi connectivity index (χ0v) is 8.05. The van der Waals surface area contributed by atoms with E-state index in [1.807, 2.05) is 0 Å². The molecular weight excluding hydrogens is 150 g/mol. The van der Waals surface area contributed by atoms with Gasteiger partial charge in [-0.2, -0.15) is 5.43 Å². The maximum atomic E-state index is 4.51. The Morgan fingerprint density at radius 1 is 1.25 bits per heavy atom. The Bertz CT molecular complexity index is 99.9. The number of nitrogens with zero attached hydrogens (tertiary/aromatic N) is 2. The summed E-state index contributed by atoms with van der Waals surface area (Å²) in [5.74, 6) is 0. The van der Waals surface area contributed by atoms with Gasteiger partial charge in [0.2, 0.25) is 0 Å². The molecule has 1 saturated heterocycles. The number of unbranched alkanes of at least 4 members (excludes halogenated alkanes) is 2. The van der Waals surface area contributed by atoms with Crippen LogP contribution in [0.25, 0.3) is 0 Å². The van der Waals surface area contributed by atoms with Crippen LogP contribution in [0, 0.1) is 0 Å². The highest BCUT2D eigenvalue weighted by Gasteiger charge is 2.08. The Morgan fingerprint density at radius 2 is 2.00 bits per heavy atom. The quantitative estimate of drug-likeness (QED) is 0.612. The molecule has 1 heterocycles. The van der Waals surface area contributed by atoms with Crippen LogP contribution in [-0.4, -0.2) is 37.7 Å². The van der Waals surface area contributed by atoms with Crippen molar-refractivity contribution < 1.29 is 0 Å². The average Bonchev–Trinajstić information content (AvgIpc) is 2.14. The molecule has 3 heteroatoms. The Hall–Kier alpha value is -0.120. The molecule has 0 unspecified atom stereocenters. The van der Waals surface area contributed by atoms with E-state index in [1.165, 1.54) is 19.3 Å². The molecule has 1 fully saturated rings. The lowest BCUT2D eigenvalue weighted by atomic mass is 10.2. The van der Waals surface area contributed by atoms with Gasteiger partial charge in [-0.25, -0.2) is 5.01 Å². The third-order valence-electron chi connectivity index (χ3n) is 2.16. The maximum absolute atomic E-state index is 4.51. The van der Waals surface area contributed by atoms with E-state index < -0.39 is 0 Å². The summed E-state index contributed by atoms with van der Waals surface area (Å²) in [6.07, 6.45) is 3.85. The second kappa shape index (κ2) is 6.40. The molecule has 12 heavy (non-hydrogen) atoms. The lowest BCUT2D eigenvalue weighted by Gasteiger charge is -2.25. The van der Waals surface area contributed by atoms with E-state index in [9.17, 15) is 0 Å². The second-order valence-electron chi connectivity index (χ2n) is 3.28. The number of piperazine rings is 1. The van der Waals surface area contributed by atoms with Crippen molar-refractivity contribution in [3.8, 4) is 0 Å². The maximum Gasteiger partial charge on any atom is 0.0306 e. The first kappa shape index (κ1) is 9.96. The van der Waals surface area contributed by atoms with E-state index in [-0.39, 0.29) is 0 Å². The summed E-state index contributed by atoms with van der Waals surface area (Å²) in [7, 11) is 0. The number of nitrogens with one attached hydrogen (secondary N) is 1. The van der Waals surface area contributed by atoms with Gasteiger partial charge in [0, 0.05) is 32.7 Å². The third kappa shape index (κ3) is 4.04. The molecule has 0 saturated carbocycles. The van der Waals surface area contributed by atoms with Gasteiger partial charge in [0.05, 0.1) is 0 Å². The molecule has 0 amide bonds. The molecule has 0 spiro atoms. The van der Waals surface area contributed by atoms with E-state index in [0.717, 1.165) is 32.7 Å². The summed E-state index contributed by atoms with van der Waals surface area (Å²) in [5, 5.41) is 5.52. The van der Waals surface area contributed by atoms with Crippen LogP contribution in [0.15, 0.2) is 0 Å². The lowest BCUT2D eigenvalue weighted by molar-refractivity contribution is 0.156. The van der Waals surface area contributed by atoms with Crippen LogP contribution in [0.1, 0.15) is 26.2 Å². The van der Waals surface area contributed by atoms with Crippen LogP contribution in [0.5, 0.6) is 0 Å². The van der Waals surface area contributed by atoms with Gasteiger partial charge in [0.25, 0.3) is 0 Å². The van der Waals surface area contributed by atoms with Gasteiger partial charge in [-0.15, -0.1) is 0 Å². The monoisotopic (exact) mass is 170 g/mol. The molecule has 1 rings (SSSR count). The van der Waals surface area contributed by atoms with Crippen molar-refractivity contribution in [2.45, 2.75) is 26.2 Å². The standard InChI is InChI=1S/C9H20N3/c1-2-3-4-5-11-12-8-6-10-7-9-12/h10H,2-9H2,1H3. The Kier molecular flexibility index (Phi) is 5.32. The number of hydrogen-bond acceptors (Lipinski definition) is 2. The number of rotatable bonds is 5. The van der Waals surface area contributed by atoms with Gasteiger partial charge in [-0.05, 0) is 6.42 Å². The van der Waals surface area contributed by atoms with Crippen LogP contribution in [0.2, 0.25) is 0 Å². The fourth-order valence-electron chi connectivity index (χ4n) is 1.37. The minimum absolute atomic E-state index is 1.02. The normalized spacial score (nSPS) is 19.8. The van der Waals surface area contributed by atoms with E-state index >= 15 is 0 Å². The summed E-state index contributed by atoms with van der Waals surface area (Å²) in [5.41, 5.74) is 4.51. The summed E-state index contributed by atoms with van der Waals surface area (Å²) in [6, 6.07) is 0. The molecule has 0 atom stereocenters. The number of hydrogen-bond donors (Lipinski definition) is 1. The van der Waals surface area contributed by atoms with Gasteiger partial charge in [0.15, 0.2) is 0 Å². The van der Waals surface area contributed by atoms with E-state index in [0.29, 0.717) is 0 Å². The smallest absolute Gasteiger partial charge is 0.0306 e. The third-order valence-corrected chi connectivity index (χ3v) is 2.16. The van der Waals surface area contributed by atoms with E-state index in [1.54, 1.807) is 0 Å². The molecule has 1 N–H and O–H groups in total. The van der Waals surface area contributed by atoms with Crippen molar-refractivity contribution in [1.82, 2.24) is 15.8 Å². The molecule has 1 radical (unpaired) electrons. The Balaban J connectivity index is 1.91. The van der Waals surface area contributed by atoms with Crippen LogP contribution in [-0.2, 0) is 0 Å². The summed E-state index contributed by atoms with van der Waals surface area (Å²) in [6.45, 7) is 7.62. The molecule has 1 aliphatic rings.